The molecule has 0 saturated heterocycles. The minimum Gasteiger partial charge on any atom is -0.201 e. The predicted molar refractivity (Wildman–Crippen MR) is 103 cm³/mol. The zero-order valence-electron chi connectivity index (χ0n) is 13.8. The Bertz CT molecular complexity index is 789. The van der Waals surface area contributed by atoms with Gasteiger partial charge in [0.1, 0.15) is 0 Å². The van der Waals surface area contributed by atoms with Gasteiger partial charge in [0.2, 0.25) is 0 Å². The van der Waals surface area contributed by atoms with E-state index in [0.29, 0.717) is 0 Å². The maximum absolute atomic E-state index is 14.8. The molecular weight excluding hydrogens is 330 g/mol. The van der Waals surface area contributed by atoms with Crippen molar-refractivity contribution in [1.29, 1.82) is 0 Å². The average Bonchev–Trinajstić information content (AvgIpc) is 2.64. The molecule has 3 aromatic rings. The van der Waals surface area contributed by atoms with Crippen LogP contribution >= 0.6 is 0 Å². The van der Waals surface area contributed by atoms with Crippen LogP contribution < -0.4 is 15.6 Å². The second kappa shape index (κ2) is 7.58. The Morgan fingerprint density at radius 2 is 1.24 bits per heavy atom. The molecule has 0 bridgehead atoms. The summed E-state index contributed by atoms with van der Waals surface area (Å²) in [6, 6.07) is 26.8. The molecule has 0 saturated carbocycles. The van der Waals surface area contributed by atoms with E-state index in [4.69, 9.17) is 0 Å². The molecule has 3 rings (SSSR count). The van der Waals surface area contributed by atoms with Crippen molar-refractivity contribution in [2.45, 2.75) is 12.3 Å². The molecule has 3 heteroatoms. The molecule has 0 fully saturated rings. The Morgan fingerprint density at radius 3 is 1.76 bits per heavy atom. The van der Waals surface area contributed by atoms with Crippen LogP contribution in [0.5, 0.6) is 0 Å². The van der Waals surface area contributed by atoms with Gasteiger partial charge in [-0.15, -0.1) is 6.58 Å². The van der Waals surface area contributed by atoms with Crippen LogP contribution in [0.1, 0.15) is 12.0 Å². The highest BCUT2D eigenvalue weighted by molar-refractivity contribution is 6.95. The van der Waals surface area contributed by atoms with Crippen molar-refractivity contribution in [2.75, 3.05) is 0 Å². The third kappa shape index (κ3) is 3.77. The predicted octanol–water partition coefficient (Wildman–Crippen LogP) is 3.87. The highest BCUT2D eigenvalue weighted by Gasteiger charge is 2.35. The third-order valence-corrected chi connectivity index (χ3v) is 6.91. The van der Waals surface area contributed by atoms with Gasteiger partial charge in [0.25, 0.3) is 5.92 Å². The van der Waals surface area contributed by atoms with E-state index in [2.05, 4.69) is 6.58 Å². The largest absolute Gasteiger partial charge is 0.276 e. The number of benzene rings is 3. The zero-order chi connectivity index (χ0) is 17.7. The molecule has 0 aromatic heterocycles. The van der Waals surface area contributed by atoms with Gasteiger partial charge in [-0.1, -0.05) is 101 Å². The molecule has 0 heterocycles. The smallest absolute Gasteiger partial charge is 0.201 e. The fourth-order valence-corrected chi connectivity index (χ4v) is 5.80. The van der Waals surface area contributed by atoms with Gasteiger partial charge in [-0.3, -0.25) is 0 Å². The second-order valence-corrected chi connectivity index (χ2v) is 8.29. The number of alkyl halides is 2. The van der Waals surface area contributed by atoms with E-state index in [1.807, 2.05) is 72.8 Å². The molecule has 0 aliphatic heterocycles. The first-order chi connectivity index (χ1) is 12.1. The van der Waals surface area contributed by atoms with Gasteiger partial charge in [0.15, 0.2) is 8.80 Å². The lowest BCUT2D eigenvalue weighted by molar-refractivity contribution is 0.000198. The molecule has 125 valence electrons. The Balaban J connectivity index is 2.20. The molecule has 25 heavy (non-hydrogen) atoms. The maximum Gasteiger partial charge on any atom is 0.276 e. The summed E-state index contributed by atoms with van der Waals surface area (Å²) in [7, 11) is -1.52. The number of hydrogen-bond acceptors (Lipinski definition) is 0. The molecule has 0 atom stereocenters. The number of allylic oxidation sites excluding steroid dienone is 1. The van der Waals surface area contributed by atoms with Crippen molar-refractivity contribution in [1.82, 2.24) is 0 Å². The van der Waals surface area contributed by atoms with E-state index in [9.17, 15) is 8.78 Å². The van der Waals surface area contributed by atoms with Gasteiger partial charge in [-0.05, 0) is 5.19 Å². The van der Waals surface area contributed by atoms with Crippen molar-refractivity contribution >= 4 is 24.4 Å². The maximum atomic E-state index is 14.8. The minimum absolute atomic E-state index is 0.108. The second-order valence-electron chi connectivity index (χ2n) is 5.85. The lowest BCUT2D eigenvalue weighted by Gasteiger charge is -2.24. The van der Waals surface area contributed by atoms with Crippen LogP contribution in [0.2, 0.25) is 0 Å². The van der Waals surface area contributed by atoms with Crippen molar-refractivity contribution in [3.8, 4) is 0 Å². The van der Waals surface area contributed by atoms with Gasteiger partial charge in [0, 0.05) is 12.0 Å². The normalized spacial score (nSPS) is 11.5. The van der Waals surface area contributed by atoms with Gasteiger partial charge < -0.3 is 0 Å². The highest BCUT2D eigenvalue weighted by atomic mass is 28.3. The first kappa shape index (κ1) is 17.3. The van der Waals surface area contributed by atoms with Gasteiger partial charge in [-0.25, -0.2) is 8.78 Å². The van der Waals surface area contributed by atoms with Crippen LogP contribution in [0.15, 0.2) is 97.6 Å². The third-order valence-electron chi connectivity index (χ3n) is 4.12. The monoisotopic (exact) mass is 349 g/mol. The Hall–Kier alpha value is -2.52. The summed E-state index contributed by atoms with van der Waals surface area (Å²) < 4.78 is 29.5. The molecule has 0 nitrogen and oxygen atoms in total. The van der Waals surface area contributed by atoms with Crippen LogP contribution in [-0.2, 0) is 5.92 Å². The molecule has 0 amide bonds. The van der Waals surface area contributed by atoms with Crippen molar-refractivity contribution in [2.24, 2.45) is 0 Å². The summed E-state index contributed by atoms with van der Waals surface area (Å²) in [5.41, 5.74) is 0.108. The first-order valence-electron chi connectivity index (χ1n) is 8.20. The van der Waals surface area contributed by atoms with E-state index < -0.39 is 14.7 Å². The van der Waals surface area contributed by atoms with Crippen LogP contribution in [0.25, 0.3) is 0 Å². The highest BCUT2D eigenvalue weighted by Crippen LogP contribution is 2.30. The number of hydrogen-bond donors (Lipinski definition) is 0. The van der Waals surface area contributed by atoms with E-state index in [1.54, 1.807) is 12.1 Å². The van der Waals surface area contributed by atoms with Gasteiger partial charge in [-0.2, -0.15) is 0 Å². The minimum atomic E-state index is -2.92. The van der Waals surface area contributed by atoms with E-state index in [1.165, 1.54) is 6.08 Å². The van der Waals surface area contributed by atoms with E-state index in [0.717, 1.165) is 15.6 Å². The summed E-state index contributed by atoms with van der Waals surface area (Å²) in [4.78, 5) is 0. The van der Waals surface area contributed by atoms with E-state index >= 15 is 0 Å². The standard InChI is InChI=1S/C22H19F2Si/c1-2-17-22(23,24)20-15-9-10-16-21(20)25(18-11-5-3-6-12-18)19-13-7-4-8-14-19/h2-16H,1,17H2. The van der Waals surface area contributed by atoms with Crippen LogP contribution in [0, 0.1) is 0 Å². The number of halogens is 2. The Kier molecular flexibility index (Phi) is 5.24. The van der Waals surface area contributed by atoms with E-state index in [-0.39, 0.29) is 12.0 Å². The van der Waals surface area contributed by atoms with Gasteiger partial charge >= 0.3 is 0 Å². The summed E-state index contributed by atoms with van der Waals surface area (Å²) >= 11 is 0. The molecule has 3 aromatic carbocycles. The SMILES string of the molecule is C=CCC(F)(F)c1ccccc1[Si](c1ccccc1)c1ccccc1. The first-order valence-corrected chi connectivity index (χ1v) is 9.70. The van der Waals surface area contributed by atoms with Crippen molar-refractivity contribution < 1.29 is 8.78 Å². The lowest BCUT2D eigenvalue weighted by atomic mass is 10.1. The summed E-state index contributed by atoms with van der Waals surface area (Å²) in [6.07, 6.45) is 0.928. The van der Waals surface area contributed by atoms with Crippen molar-refractivity contribution in [3.63, 3.8) is 0 Å². The fourth-order valence-electron chi connectivity index (χ4n) is 3.00. The molecule has 0 N–H and O–H groups in total. The topological polar surface area (TPSA) is 0 Å². The molecule has 1 radical (unpaired) electrons. The lowest BCUT2D eigenvalue weighted by Crippen LogP contribution is -2.54. The Labute approximate surface area is 149 Å². The molecule has 0 unspecified atom stereocenters. The Morgan fingerprint density at radius 1 is 0.760 bits per heavy atom. The fraction of sp³-hybridized carbons (Fsp3) is 0.0909. The quantitative estimate of drug-likeness (QED) is 0.360. The molecule has 0 aliphatic rings. The van der Waals surface area contributed by atoms with Crippen LogP contribution in [-0.4, -0.2) is 8.80 Å². The molecular formula is C22H19F2Si. The summed E-state index contributed by atoms with van der Waals surface area (Å²) in [6.45, 7) is 3.49. The molecule has 0 spiro atoms. The number of rotatable bonds is 6. The summed E-state index contributed by atoms with van der Waals surface area (Å²) in [5, 5.41) is 2.93. The molecule has 0 aliphatic carbocycles. The van der Waals surface area contributed by atoms with Gasteiger partial charge in [0.05, 0.1) is 0 Å². The average molecular weight is 349 g/mol. The van der Waals surface area contributed by atoms with Crippen molar-refractivity contribution in [3.05, 3.63) is 103 Å². The zero-order valence-corrected chi connectivity index (χ0v) is 14.8. The van der Waals surface area contributed by atoms with Crippen LogP contribution in [0.3, 0.4) is 0 Å². The summed E-state index contributed by atoms with van der Waals surface area (Å²) in [5.74, 6) is -2.92. The van der Waals surface area contributed by atoms with Crippen LogP contribution in [0.4, 0.5) is 8.78 Å².